The molecule has 108 valence electrons. The van der Waals surface area contributed by atoms with Gasteiger partial charge in [-0.25, -0.2) is 0 Å². The zero-order valence-electron chi connectivity index (χ0n) is 11.8. The fourth-order valence-electron chi connectivity index (χ4n) is 3.88. The van der Waals surface area contributed by atoms with Crippen LogP contribution in [0.3, 0.4) is 0 Å². The first-order valence-electron chi connectivity index (χ1n) is 7.82. The topological polar surface area (TPSA) is 27.7 Å². The second-order valence-electron chi connectivity index (χ2n) is 6.38. The predicted molar refractivity (Wildman–Crippen MR) is 75.2 cm³/mol. The lowest BCUT2D eigenvalue weighted by atomic mass is 9.76. The zero-order valence-corrected chi connectivity index (χ0v) is 11.8. The van der Waals surface area contributed by atoms with Crippen molar-refractivity contribution >= 4 is 0 Å². The molecule has 3 nitrogen and oxygen atoms in total. The molecule has 0 amide bonds. The van der Waals surface area contributed by atoms with Gasteiger partial charge < -0.3 is 14.2 Å². The maximum Gasteiger partial charge on any atom is 0.283 e. The summed E-state index contributed by atoms with van der Waals surface area (Å²) in [4.78, 5) is 0. The quantitative estimate of drug-likeness (QED) is 0.846. The summed E-state index contributed by atoms with van der Waals surface area (Å²) in [5.74, 6) is -0.243. The van der Waals surface area contributed by atoms with Gasteiger partial charge in [-0.15, -0.1) is 0 Å². The van der Waals surface area contributed by atoms with Gasteiger partial charge in [0.2, 0.25) is 0 Å². The van der Waals surface area contributed by atoms with Gasteiger partial charge in [-0.3, -0.25) is 0 Å². The largest absolute Gasteiger partial charge is 0.327 e. The summed E-state index contributed by atoms with van der Waals surface area (Å²) >= 11 is 0. The number of benzene rings is 1. The molecule has 0 aromatic heterocycles. The summed E-state index contributed by atoms with van der Waals surface area (Å²) in [6.07, 6.45) is 6.63. The van der Waals surface area contributed by atoms with Crippen LogP contribution < -0.4 is 0 Å². The molecule has 1 saturated carbocycles. The lowest BCUT2D eigenvalue weighted by Crippen LogP contribution is -2.52. The van der Waals surface area contributed by atoms with Crippen LogP contribution in [0.5, 0.6) is 0 Å². The van der Waals surface area contributed by atoms with Gasteiger partial charge in [0.1, 0.15) is 5.60 Å². The van der Waals surface area contributed by atoms with E-state index < -0.39 is 5.97 Å². The highest BCUT2D eigenvalue weighted by Crippen LogP contribution is 2.50. The van der Waals surface area contributed by atoms with E-state index in [1.54, 1.807) is 0 Å². The molecule has 1 spiro atoms. The highest BCUT2D eigenvalue weighted by molar-refractivity contribution is 5.15. The Kier molecular flexibility index (Phi) is 3.09. The number of rotatable bonds is 3. The molecule has 0 unspecified atom stereocenters. The third-order valence-electron chi connectivity index (χ3n) is 5.11. The molecule has 3 fully saturated rings. The molecule has 2 aliphatic heterocycles. The summed E-state index contributed by atoms with van der Waals surface area (Å²) in [5.41, 5.74) is 1.26. The zero-order chi connectivity index (χ0) is 13.5. The van der Waals surface area contributed by atoms with Crippen LogP contribution in [0.2, 0.25) is 0 Å². The monoisotopic (exact) mass is 274 g/mol. The average Bonchev–Trinajstić information content (AvgIpc) is 2.79. The van der Waals surface area contributed by atoms with Crippen molar-refractivity contribution in [3.05, 3.63) is 35.9 Å². The molecular formula is C17H22O3. The minimum Gasteiger partial charge on any atom is -0.327 e. The van der Waals surface area contributed by atoms with E-state index in [2.05, 4.69) is 24.3 Å². The molecule has 2 saturated heterocycles. The van der Waals surface area contributed by atoms with Crippen molar-refractivity contribution in [2.24, 2.45) is 5.92 Å². The molecule has 3 atom stereocenters. The van der Waals surface area contributed by atoms with Gasteiger partial charge in [0.25, 0.3) is 5.97 Å². The Morgan fingerprint density at radius 2 is 2.00 bits per heavy atom. The molecule has 2 heterocycles. The Bertz CT molecular complexity index is 470. The summed E-state index contributed by atoms with van der Waals surface area (Å²) in [6, 6.07) is 10.5. The SMILES string of the molecule is c1ccc(CC[C@]23OC[C@@H]4CCCC[C@@]4(CO2)O3)cc1. The summed E-state index contributed by atoms with van der Waals surface area (Å²) in [5, 5.41) is 0. The second-order valence-corrected chi connectivity index (χ2v) is 6.38. The van der Waals surface area contributed by atoms with Crippen molar-refractivity contribution in [1.29, 1.82) is 0 Å². The minimum atomic E-state index is -0.774. The van der Waals surface area contributed by atoms with Crippen LogP contribution in [0, 0.1) is 5.92 Å². The van der Waals surface area contributed by atoms with E-state index >= 15 is 0 Å². The number of ether oxygens (including phenoxy) is 3. The van der Waals surface area contributed by atoms with Gasteiger partial charge in [-0.2, -0.15) is 0 Å². The molecule has 1 aromatic rings. The minimum absolute atomic E-state index is 0.0484. The van der Waals surface area contributed by atoms with E-state index in [0.29, 0.717) is 12.5 Å². The second kappa shape index (κ2) is 4.83. The first-order chi connectivity index (χ1) is 9.80. The van der Waals surface area contributed by atoms with E-state index in [4.69, 9.17) is 14.2 Å². The molecule has 0 radical (unpaired) electrons. The third kappa shape index (κ3) is 2.09. The standard InChI is InChI=1S/C17H22O3/c1-2-6-14(7-3-1)9-11-17-18-12-15-8-4-5-10-16(15,20-17)13-19-17/h1-3,6-7,15H,4-5,8-13H2/t15-,16-,17-/m0/s1. The van der Waals surface area contributed by atoms with Crippen LogP contribution in [0.25, 0.3) is 0 Å². The fraction of sp³-hybridized carbons (Fsp3) is 0.647. The maximum absolute atomic E-state index is 6.35. The predicted octanol–water partition coefficient (Wildman–Crippen LogP) is 3.28. The van der Waals surface area contributed by atoms with Crippen LogP contribution in [0.15, 0.2) is 30.3 Å². The summed E-state index contributed by atoms with van der Waals surface area (Å²) in [6.45, 7) is 1.52. The van der Waals surface area contributed by atoms with Gasteiger partial charge in [0.05, 0.1) is 13.2 Å². The smallest absolute Gasteiger partial charge is 0.283 e. The lowest BCUT2D eigenvalue weighted by molar-refractivity contribution is -0.385. The van der Waals surface area contributed by atoms with E-state index in [0.717, 1.165) is 25.9 Å². The van der Waals surface area contributed by atoms with Crippen molar-refractivity contribution in [2.75, 3.05) is 13.2 Å². The molecule has 3 aliphatic rings. The number of aryl methyl sites for hydroxylation is 1. The number of fused-ring (bicyclic) bond motifs is 1. The molecule has 3 heteroatoms. The molecule has 2 bridgehead atoms. The Morgan fingerprint density at radius 3 is 2.90 bits per heavy atom. The van der Waals surface area contributed by atoms with Crippen molar-refractivity contribution in [2.45, 2.75) is 50.1 Å². The van der Waals surface area contributed by atoms with Crippen LogP contribution in [0.4, 0.5) is 0 Å². The maximum atomic E-state index is 6.35. The molecule has 1 aliphatic carbocycles. The average molecular weight is 274 g/mol. The molecule has 20 heavy (non-hydrogen) atoms. The van der Waals surface area contributed by atoms with E-state index in [-0.39, 0.29) is 5.60 Å². The van der Waals surface area contributed by atoms with Crippen molar-refractivity contribution in [3.8, 4) is 0 Å². The highest BCUT2D eigenvalue weighted by atomic mass is 16.9. The van der Waals surface area contributed by atoms with Crippen molar-refractivity contribution < 1.29 is 14.2 Å². The van der Waals surface area contributed by atoms with Gasteiger partial charge in [0, 0.05) is 12.3 Å². The lowest BCUT2D eigenvalue weighted by Gasteiger charge is -2.45. The van der Waals surface area contributed by atoms with E-state index in [1.165, 1.54) is 24.8 Å². The van der Waals surface area contributed by atoms with Crippen LogP contribution in [-0.2, 0) is 20.6 Å². The highest BCUT2D eigenvalue weighted by Gasteiger charge is 2.59. The van der Waals surface area contributed by atoms with Crippen LogP contribution in [-0.4, -0.2) is 24.8 Å². The first-order valence-corrected chi connectivity index (χ1v) is 7.82. The van der Waals surface area contributed by atoms with E-state index in [1.807, 2.05) is 6.07 Å². The van der Waals surface area contributed by atoms with Crippen LogP contribution >= 0.6 is 0 Å². The molecule has 1 aromatic carbocycles. The Labute approximate surface area is 120 Å². The number of hydrogen-bond donors (Lipinski definition) is 0. The summed E-state index contributed by atoms with van der Waals surface area (Å²) < 4.78 is 18.4. The third-order valence-corrected chi connectivity index (χ3v) is 5.11. The van der Waals surface area contributed by atoms with Gasteiger partial charge in [0.15, 0.2) is 0 Å². The number of hydrogen-bond acceptors (Lipinski definition) is 3. The van der Waals surface area contributed by atoms with Gasteiger partial charge >= 0.3 is 0 Å². The van der Waals surface area contributed by atoms with Gasteiger partial charge in [-0.1, -0.05) is 43.2 Å². The van der Waals surface area contributed by atoms with Crippen molar-refractivity contribution in [1.82, 2.24) is 0 Å². The molecular weight excluding hydrogens is 252 g/mol. The molecule has 4 rings (SSSR count). The summed E-state index contributed by atoms with van der Waals surface area (Å²) in [7, 11) is 0. The Morgan fingerprint density at radius 1 is 1.10 bits per heavy atom. The first kappa shape index (κ1) is 12.8. The van der Waals surface area contributed by atoms with Gasteiger partial charge in [-0.05, 0) is 24.8 Å². The molecule has 0 N–H and O–H groups in total. The van der Waals surface area contributed by atoms with Crippen LogP contribution in [0.1, 0.15) is 37.7 Å². The Hall–Kier alpha value is -0.900. The van der Waals surface area contributed by atoms with Crippen molar-refractivity contribution in [3.63, 3.8) is 0 Å². The normalized spacial score (nSPS) is 39.5. The van der Waals surface area contributed by atoms with E-state index in [9.17, 15) is 0 Å². The fourth-order valence-corrected chi connectivity index (χ4v) is 3.88. The Balaban J connectivity index is 1.47.